The monoisotopic (exact) mass is 223 g/mol. The lowest BCUT2D eigenvalue weighted by molar-refractivity contribution is 0.647. The van der Waals surface area contributed by atoms with Gasteiger partial charge in [0.2, 0.25) is 0 Å². The van der Waals surface area contributed by atoms with Crippen LogP contribution in [-0.2, 0) is 0 Å². The lowest BCUT2D eigenvalue weighted by Crippen LogP contribution is -1.97. The minimum Gasteiger partial charge on any atom is -0.365 e. The Labute approximate surface area is 99.1 Å². The molecule has 17 heavy (non-hydrogen) atoms. The topological polar surface area (TPSA) is 33.6 Å². The summed E-state index contributed by atoms with van der Waals surface area (Å²) in [6.45, 7) is 0. The zero-order valence-electron chi connectivity index (χ0n) is 9.38. The van der Waals surface area contributed by atoms with Crippen LogP contribution >= 0.6 is 0 Å². The fraction of sp³-hybridized carbons (Fsp3) is 0.214. The van der Waals surface area contributed by atoms with Crippen molar-refractivity contribution in [1.29, 1.82) is 0 Å². The molecular formula is C14H13N3. The summed E-state index contributed by atoms with van der Waals surface area (Å²) in [6.07, 6.45) is 7.17. The van der Waals surface area contributed by atoms with Gasteiger partial charge in [0.1, 0.15) is 0 Å². The molecule has 1 N–H and O–H groups in total. The van der Waals surface area contributed by atoms with Crippen LogP contribution in [0.15, 0.2) is 48.9 Å². The summed E-state index contributed by atoms with van der Waals surface area (Å²) < 4.78 is 2.16. The molecule has 3 aromatic rings. The van der Waals surface area contributed by atoms with Crippen molar-refractivity contribution in [3.05, 3.63) is 54.5 Å². The van der Waals surface area contributed by atoms with Crippen molar-refractivity contribution in [2.75, 3.05) is 0 Å². The SMILES string of the molecule is c1ccc([C@@H]2C[C@H]2n2ncc3c[nH]cc32)cc1. The average molecular weight is 223 g/mol. The van der Waals surface area contributed by atoms with E-state index in [1.807, 2.05) is 18.6 Å². The Morgan fingerprint density at radius 2 is 2.06 bits per heavy atom. The van der Waals surface area contributed by atoms with Crippen LogP contribution in [0.2, 0.25) is 0 Å². The van der Waals surface area contributed by atoms with Crippen LogP contribution in [0, 0.1) is 0 Å². The summed E-state index contributed by atoms with van der Waals surface area (Å²) in [5.41, 5.74) is 2.64. The molecule has 2 heterocycles. The van der Waals surface area contributed by atoms with E-state index in [0.29, 0.717) is 12.0 Å². The Kier molecular flexibility index (Phi) is 1.72. The van der Waals surface area contributed by atoms with Crippen molar-refractivity contribution in [1.82, 2.24) is 14.8 Å². The largest absolute Gasteiger partial charge is 0.365 e. The van der Waals surface area contributed by atoms with Crippen LogP contribution in [0.3, 0.4) is 0 Å². The number of aromatic nitrogens is 3. The van der Waals surface area contributed by atoms with E-state index in [0.717, 1.165) is 0 Å². The van der Waals surface area contributed by atoms with E-state index in [2.05, 4.69) is 45.1 Å². The van der Waals surface area contributed by atoms with E-state index in [4.69, 9.17) is 0 Å². The molecule has 0 radical (unpaired) electrons. The molecule has 0 amide bonds. The Balaban J connectivity index is 1.69. The molecule has 1 aliphatic rings. The maximum atomic E-state index is 4.49. The maximum absolute atomic E-state index is 4.49. The molecule has 1 aliphatic carbocycles. The summed E-state index contributed by atoms with van der Waals surface area (Å²) in [4.78, 5) is 3.13. The first-order valence-corrected chi connectivity index (χ1v) is 5.98. The molecule has 1 aromatic carbocycles. The Bertz CT molecular complexity index is 650. The minimum absolute atomic E-state index is 0.533. The summed E-state index contributed by atoms with van der Waals surface area (Å²) in [7, 11) is 0. The molecule has 0 unspecified atom stereocenters. The molecule has 84 valence electrons. The fourth-order valence-corrected chi connectivity index (χ4v) is 2.63. The highest BCUT2D eigenvalue weighted by molar-refractivity contribution is 5.78. The number of H-pyrrole nitrogens is 1. The van der Waals surface area contributed by atoms with Gasteiger partial charge < -0.3 is 4.98 Å². The highest BCUT2D eigenvalue weighted by Crippen LogP contribution is 2.51. The van der Waals surface area contributed by atoms with E-state index in [1.54, 1.807) is 0 Å². The Hall–Kier alpha value is -2.03. The van der Waals surface area contributed by atoms with Crippen LogP contribution in [0.25, 0.3) is 10.9 Å². The third kappa shape index (κ3) is 1.32. The van der Waals surface area contributed by atoms with Gasteiger partial charge in [-0.15, -0.1) is 0 Å². The number of rotatable bonds is 2. The average Bonchev–Trinajstić information content (AvgIpc) is 2.83. The van der Waals surface area contributed by atoms with Crippen molar-refractivity contribution >= 4 is 10.9 Å². The molecule has 1 saturated carbocycles. The molecular weight excluding hydrogens is 210 g/mol. The van der Waals surface area contributed by atoms with E-state index in [1.165, 1.54) is 22.9 Å². The number of nitrogens with one attached hydrogen (secondary N) is 1. The summed E-state index contributed by atoms with van der Waals surface area (Å²) in [6, 6.07) is 11.2. The van der Waals surface area contributed by atoms with Crippen molar-refractivity contribution < 1.29 is 0 Å². The van der Waals surface area contributed by atoms with Gasteiger partial charge in [-0.2, -0.15) is 5.10 Å². The van der Waals surface area contributed by atoms with Crippen molar-refractivity contribution in [2.24, 2.45) is 0 Å². The van der Waals surface area contributed by atoms with Gasteiger partial charge >= 0.3 is 0 Å². The van der Waals surface area contributed by atoms with Gasteiger partial charge in [0.05, 0.1) is 17.8 Å². The van der Waals surface area contributed by atoms with Crippen LogP contribution in [0.1, 0.15) is 23.9 Å². The number of hydrogen-bond donors (Lipinski definition) is 1. The molecule has 0 aliphatic heterocycles. The molecule has 1 fully saturated rings. The van der Waals surface area contributed by atoms with Crippen LogP contribution in [0.4, 0.5) is 0 Å². The van der Waals surface area contributed by atoms with Gasteiger partial charge in [-0.3, -0.25) is 4.68 Å². The molecule has 4 rings (SSSR count). The normalized spacial score (nSPS) is 23.1. The zero-order valence-corrected chi connectivity index (χ0v) is 9.38. The lowest BCUT2D eigenvalue weighted by Gasteiger charge is -2.01. The summed E-state index contributed by atoms with van der Waals surface area (Å²) >= 11 is 0. The van der Waals surface area contributed by atoms with Gasteiger partial charge in [-0.1, -0.05) is 30.3 Å². The van der Waals surface area contributed by atoms with Crippen molar-refractivity contribution in [2.45, 2.75) is 18.4 Å². The molecule has 3 nitrogen and oxygen atoms in total. The van der Waals surface area contributed by atoms with Gasteiger partial charge in [0.15, 0.2) is 0 Å². The van der Waals surface area contributed by atoms with Crippen LogP contribution < -0.4 is 0 Å². The third-order valence-electron chi connectivity index (χ3n) is 3.62. The first kappa shape index (κ1) is 9.05. The number of aromatic amines is 1. The van der Waals surface area contributed by atoms with Gasteiger partial charge in [-0.25, -0.2) is 0 Å². The predicted octanol–water partition coefficient (Wildman–Crippen LogP) is 3.09. The quantitative estimate of drug-likeness (QED) is 0.711. The van der Waals surface area contributed by atoms with Gasteiger partial charge in [-0.05, 0) is 12.0 Å². The molecule has 2 aromatic heterocycles. The van der Waals surface area contributed by atoms with Crippen LogP contribution in [-0.4, -0.2) is 14.8 Å². The van der Waals surface area contributed by atoms with Crippen LogP contribution in [0.5, 0.6) is 0 Å². The lowest BCUT2D eigenvalue weighted by atomic mass is 10.1. The molecule has 0 bridgehead atoms. The third-order valence-corrected chi connectivity index (χ3v) is 3.62. The van der Waals surface area contributed by atoms with E-state index in [9.17, 15) is 0 Å². The van der Waals surface area contributed by atoms with Gasteiger partial charge in [0, 0.05) is 23.7 Å². The number of hydrogen-bond acceptors (Lipinski definition) is 1. The van der Waals surface area contributed by atoms with E-state index < -0.39 is 0 Å². The highest BCUT2D eigenvalue weighted by atomic mass is 15.3. The fourth-order valence-electron chi connectivity index (χ4n) is 2.63. The Morgan fingerprint density at radius 3 is 2.94 bits per heavy atom. The molecule has 0 spiro atoms. The summed E-state index contributed by atoms with van der Waals surface area (Å²) in [5, 5.41) is 5.69. The number of fused-ring (bicyclic) bond motifs is 1. The number of nitrogens with zero attached hydrogens (tertiary/aromatic N) is 2. The van der Waals surface area contributed by atoms with E-state index in [-0.39, 0.29) is 0 Å². The zero-order chi connectivity index (χ0) is 11.2. The second-order valence-corrected chi connectivity index (χ2v) is 4.71. The molecule has 3 heteroatoms. The van der Waals surface area contributed by atoms with Gasteiger partial charge in [0.25, 0.3) is 0 Å². The standard InChI is InChI=1S/C14H13N3/c1-2-4-10(5-3-1)12-6-13(12)17-14-9-15-7-11(14)8-16-17/h1-5,7-9,12-13,15H,6H2/t12-,13+/m0/s1. The first-order chi connectivity index (χ1) is 8.43. The molecule has 2 atom stereocenters. The Morgan fingerprint density at radius 1 is 1.18 bits per heavy atom. The smallest absolute Gasteiger partial charge is 0.0860 e. The van der Waals surface area contributed by atoms with E-state index >= 15 is 0 Å². The second kappa shape index (κ2) is 3.23. The summed E-state index contributed by atoms with van der Waals surface area (Å²) in [5.74, 6) is 0.634. The first-order valence-electron chi connectivity index (χ1n) is 5.98. The molecule has 0 saturated heterocycles. The highest BCUT2D eigenvalue weighted by Gasteiger charge is 2.41. The van der Waals surface area contributed by atoms with Crippen molar-refractivity contribution in [3.63, 3.8) is 0 Å². The predicted molar refractivity (Wildman–Crippen MR) is 66.9 cm³/mol. The maximum Gasteiger partial charge on any atom is 0.0860 e. The minimum atomic E-state index is 0.533. The van der Waals surface area contributed by atoms with Crippen molar-refractivity contribution in [3.8, 4) is 0 Å². The second-order valence-electron chi connectivity index (χ2n) is 4.71. The number of benzene rings is 1.